The van der Waals surface area contributed by atoms with E-state index in [4.69, 9.17) is 10.5 Å². The third-order valence-corrected chi connectivity index (χ3v) is 4.01. The Labute approximate surface area is 140 Å². The van der Waals surface area contributed by atoms with Crippen LogP contribution in [0.4, 0.5) is 16.2 Å². The molecule has 2 aliphatic rings. The third-order valence-electron chi connectivity index (χ3n) is 4.01. The molecule has 0 bridgehead atoms. The second-order valence-electron chi connectivity index (χ2n) is 6.78. The van der Waals surface area contributed by atoms with E-state index in [1.807, 2.05) is 26.8 Å². The fourth-order valence-electron chi connectivity index (χ4n) is 3.03. The predicted molar refractivity (Wildman–Crippen MR) is 89.2 cm³/mol. The van der Waals surface area contributed by atoms with E-state index >= 15 is 0 Å². The quantitative estimate of drug-likeness (QED) is 0.843. The van der Waals surface area contributed by atoms with E-state index in [-0.39, 0.29) is 24.1 Å². The van der Waals surface area contributed by atoms with Crippen LogP contribution in [0.25, 0.3) is 0 Å². The first kappa shape index (κ1) is 17.7. The molecule has 2 aliphatic heterocycles. The predicted octanol–water partition coefficient (Wildman–Crippen LogP) is 1.35. The maximum Gasteiger partial charge on any atom is 0.415 e. The monoisotopic (exact) mass is 334 g/mol. The van der Waals surface area contributed by atoms with Crippen molar-refractivity contribution in [3.8, 4) is 0 Å². The summed E-state index contributed by atoms with van der Waals surface area (Å²) in [5.74, 6) is -0.639. The number of benzene rings is 1. The molecule has 24 heavy (non-hydrogen) atoms. The number of hydrogen-bond donors (Lipinski definition) is 2. The third kappa shape index (κ3) is 2.80. The van der Waals surface area contributed by atoms with E-state index in [0.717, 1.165) is 11.3 Å². The Morgan fingerprint density at radius 3 is 2.50 bits per heavy atom. The first-order chi connectivity index (χ1) is 10.7. The van der Waals surface area contributed by atoms with Crippen molar-refractivity contribution in [1.29, 1.82) is 0 Å². The summed E-state index contributed by atoms with van der Waals surface area (Å²) in [6.07, 6.45) is -1.25. The Morgan fingerprint density at radius 2 is 1.96 bits per heavy atom. The van der Waals surface area contributed by atoms with Crippen molar-refractivity contribution in [2.24, 2.45) is 5.73 Å². The zero-order chi connectivity index (χ0) is 16.9. The van der Waals surface area contributed by atoms with E-state index in [1.54, 1.807) is 17.0 Å². The maximum atomic E-state index is 12.3. The lowest BCUT2D eigenvalue weighted by atomic mass is 10.1. The van der Waals surface area contributed by atoms with Gasteiger partial charge in [-0.3, -0.25) is 14.5 Å². The van der Waals surface area contributed by atoms with Gasteiger partial charge in [0.1, 0.15) is 0 Å². The van der Waals surface area contributed by atoms with Crippen LogP contribution < -0.4 is 21.7 Å². The number of rotatable bonds is 2. The lowest BCUT2D eigenvalue weighted by Crippen LogP contribution is -2.43. The number of nitrogens with two attached hydrogens (primary N) is 1. The molecule has 2 heterocycles. The number of carbonyl (C=O) groups is 3. The van der Waals surface area contributed by atoms with Crippen LogP contribution in [0.3, 0.4) is 0 Å². The molecule has 8 heteroatoms. The normalized spacial score (nSPS) is 19.9. The second-order valence-corrected chi connectivity index (χ2v) is 6.78. The summed E-state index contributed by atoms with van der Waals surface area (Å²) in [6.45, 7) is 6.01. The Hall–Kier alpha value is -2.61. The van der Waals surface area contributed by atoms with Crippen molar-refractivity contribution in [2.75, 3.05) is 16.3 Å². The highest BCUT2D eigenvalue weighted by Crippen LogP contribution is 2.37. The Bertz CT molecular complexity index is 711. The van der Waals surface area contributed by atoms with Crippen LogP contribution in [0, 0.1) is 0 Å². The largest absolute Gasteiger partial charge is 0.434 e. The maximum absolute atomic E-state index is 12.3. The molecule has 1 aromatic carbocycles. The van der Waals surface area contributed by atoms with Crippen molar-refractivity contribution in [1.82, 2.24) is 6.15 Å². The minimum atomic E-state index is -0.941. The lowest BCUT2D eigenvalue weighted by molar-refractivity contribution is -0.124. The molecule has 1 aromatic rings. The summed E-state index contributed by atoms with van der Waals surface area (Å²) in [4.78, 5) is 38.5. The molecule has 0 aliphatic carbocycles. The highest BCUT2D eigenvalue weighted by molar-refractivity contribution is 6.03. The molecular formula is C16H22N4O4. The molecule has 130 valence electrons. The van der Waals surface area contributed by atoms with Gasteiger partial charge in [-0.05, 0) is 44.5 Å². The molecule has 3 rings (SSSR count). The number of ether oxygens (including phenoxy) is 1. The summed E-state index contributed by atoms with van der Waals surface area (Å²) in [5, 5.41) is 0. The van der Waals surface area contributed by atoms with Crippen LogP contribution in [0.15, 0.2) is 18.2 Å². The van der Waals surface area contributed by atoms with E-state index < -0.39 is 18.1 Å². The van der Waals surface area contributed by atoms with Crippen LogP contribution in [-0.4, -0.2) is 36.1 Å². The van der Waals surface area contributed by atoms with Gasteiger partial charge in [0.15, 0.2) is 6.10 Å². The summed E-state index contributed by atoms with van der Waals surface area (Å²) in [5.41, 5.74) is 7.18. The smallest absolute Gasteiger partial charge is 0.415 e. The van der Waals surface area contributed by atoms with Crippen LogP contribution >= 0.6 is 0 Å². The van der Waals surface area contributed by atoms with Crippen LogP contribution in [0.2, 0.25) is 0 Å². The molecule has 0 unspecified atom stereocenters. The summed E-state index contributed by atoms with van der Waals surface area (Å²) >= 11 is 0. The summed E-state index contributed by atoms with van der Waals surface area (Å²) < 4.78 is 4.94. The van der Waals surface area contributed by atoms with Gasteiger partial charge in [-0.1, -0.05) is 0 Å². The van der Waals surface area contributed by atoms with E-state index in [1.165, 1.54) is 4.90 Å². The molecule has 3 amide bonds. The van der Waals surface area contributed by atoms with Gasteiger partial charge in [0, 0.05) is 16.9 Å². The fourth-order valence-corrected chi connectivity index (χ4v) is 3.03. The molecule has 8 nitrogen and oxygen atoms in total. The van der Waals surface area contributed by atoms with Gasteiger partial charge in [-0.15, -0.1) is 0 Å². The number of cyclic esters (lactones) is 1. The average Bonchev–Trinajstić information content (AvgIpc) is 2.96. The van der Waals surface area contributed by atoms with Gasteiger partial charge in [0.2, 0.25) is 5.91 Å². The van der Waals surface area contributed by atoms with Gasteiger partial charge >= 0.3 is 6.09 Å². The molecule has 1 atom stereocenters. The number of fused-ring (bicyclic) bond motifs is 1. The Morgan fingerprint density at radius 1 is 1.29 bits per heavy atom. The van der Waals surface area contributed by atoms with Crippen molar-refractivity contribution in [3.05, 3.63) is 23.8 Å². The molecule has 0 aromatic heterocycles. The summed E-state index contributed by atoms with van der Waals surface area (Å²) in [6, 6.07) is 5.37. The zero-order valence-corrected chi connectivity index (χ0v) is 14.0. The minimum Gasteiger partial charge on any atom is -0.434 e. The highest BCUT2D eigenvalue weighted by Gasteiger charge is 2.38. The molecule has 1 fully saturated rings. The molecular weight excluding hydrogens is 312 g/mol. The SMILES string of the molecule is CC(C)(C)N1C(=O)Cc2cc(N3C[C@H](C(N)=O)OC3=O)ccc21.N. The van der Waals surface area contributed by atoms with Crippen molar-refractivity contribution in [2.45, 2.75) is 38.8 Å². The zero-order valence-electron chi connectivity index (χ0n) is 14.0. The van der Waals surface area contributed by atoms with Crippen molar-refractivity contribution in [3.63, 3.8) is 0 Å². The molecule has 0 spiro atoms. The lowest BCUT2D eigenvalue weighted by Gasteiger charge is -2.32. The highest BCUT2D eigenvalue weighted by atomic mass is 16.6. The van der Waals surface area contributed by atoms with Gasteiger partial charge in [0.25, 0.3) is 5.91 Å². The van der Waals surface area contributed by atoms with Crippen LogP contribution in [0.1, 0.15) is 26.3 Å². The molecule has 5 N–H and O–H groups in total. The number of hydrogen-bond acceptors (Lipinski definition) is 5. The number of anilines is 2. The summed E-state index contributed by atoms with van der Waals surface area (Å²) in [7, 11) is 0. The first-order valence-electron chi connectivity index (χ1n) is 7.42. The first-order valence-corrected chi connectivity index (χ1v) is 7.42. The van der Waals surface area contributed by atoms with Gasteiger partial charge < -0.3 is 21.5 Å². The fraction of sp³-hybridized carbons (Fsp3) is 0.438. The van der Waals surface area contributed by atoms with Gasteiger partial charge in [-0.25, -0.2) is 4.79 Å². The standard InChI is InChI=1S/C16H19N3O4.H3N/c1-16(2,3)19-11-5-4-10(6-9(11)7-13(19)20)18-8-12(14(17)21)23-15(18)22;/h4-6,12H,7-8H2,1-3H3,(H2,17,21);1H3/t12-;/m1./s1. The Balaban J connectivity index is 0.00000208. The minimum absolute atomic E-state index is 0. The number of amides is 3. The topological polar surface area (TPSA) is 128 Å². The van der Waals surface area contributed by atoms with Crippen molar-refractivity contribution < 1.29 is 19.1 Å². The van der Waals surface area contributed by atoms with E-state index in [9.17, 15) is 14.4 Å². The van der Waals surface area contributed by atoms with Crippen molar-refractivity contribution >= 4 is 29.3 Å². The molecule has 0 saturated carbocycles. The molecule has 1 saturated heterocycles. The number of carbonyl (C=O) groups excluding carboxylic acids is 3. The number of nitrogens with zero attached hydrogens (tertiary/aromatic N) is 2. The van der Waals surface area contributed by atoms with Crippen LogP contribution in [-0.2, 0) is 20.7 Å². The second kappa shape index (κ2) is 5.79. The average molecular weight is 334 g/mol. The van der Waals surface area contributed by atoms with Crippen LogP contribution in [0.5, 0.6) is 0 Å². The molecule has 0 radical (unpaired) electrons. The Kier molecular flexibility index (Phi) is 4.28. The number of primary amides is 1. The van der Waals surface area contributed by atoms with E-state index in [2.05, 4.69) is 0 Å². The van der Waals surface area contributed by atoms with E-state index in [0.29, 0.717) is 12.1 Å². The van der Waals surface area contributed by atoms with Gasteiger partial charge in [0.05, 0.1) is 13.0 Å². The van der Waals surface area contributed by atoms with Gasteiger partial charge in [-0.2, -0.15) is 0 Å².